The van der Waals surface area contributed by atoms with Crippen LogP contribution in [0.3, 0.4) is 0 Å². The molecule has 0 heterocycles. The first kappa shape index (κ1) is 17.9. The summed E-state index contributed by atoms with van der Waals surface area (Å²) in [5.74, 6) is 1.06. The molecule has 4 atom stereocenters. The van der Waals surface area contributed by atoms with E-state index in [1.807, 2.05) is 0 Å². The number of rotatable bonds is 7. The number of alkyl halides is 2. The van der Waals surface area contributed by atoms with Gasteiger partial charge in [-0.25, -0.2) is 0 Å². The Labute approximate surface area is 145 Å². The van der Waals surface area contributed by atoms with Crippen LogP contribution in [0.2, 0.25) is 0 Å². The number of carbonyl (C=O) groups is 1. The summed E-state index contributed by atoms with van der Waals surface area (Å²) in [4.78, 5) is 12.4. The zero-order chi connectivity index (χ0) is 18.0. The maximum absolute atomic E-state index is 12.5. The van der Waals surface area contributed by atoms with Crippen molar-refractivity contribution in [3.63, 3.8) is 0 Å². The van der Waals surface area contributed by atoms with Gasteiger partial charge in [-0.2, -0.15) is 8.78 Å². The molecule has 4 unspecified atom stereocenters. The molecule has 0 aromatic heterocycles. The van der Waals surface area contributed by atoms with Gasteiger partial charge < -0.3 is 20.5 Å². The second kappa shape index (κ2) is 7.56. The Morgan fingerprint density at radius 2 is 2.08 bits per heavy atom. The van der Waals surface area contributed by atoms with Crippen molar-refractivity contribution in [3.05, 3.63) is 23.8 Å². The van der Waals surface area contributed by atoms with Gasteiger partial charge in [0.15, 0.2) is 11.5 Å². The van der Waals surface area contributed by atoms with Gasteiger partial charge in [0.1, 0.15) is 0 Å². The molecule has 2 aliphatic carbocycles. The fourth-order valence-corrected chi connectivity index (χ4v) is 4.24. The van der Waals surface area contributed by atoms with Gasteiger partial charge in [-0.05, 0) is 55.2 Å². The van der Waals surface area contributed by atoms with E-state index in [1.165, 1.54) is 13.2 Å². The largest absolute Gasteiger partial charge is 0.493 e. The highest BCUT2D eigenvalue weighted by Crippen LogP contribution is 2.47. The Bertz CT molecular complexity index is 624. The van der Waals surface area contributed by atoms with Crippen LogP contribution in [0.5, 0.6) is 11.5 Å². The van der Waals surface area contributed by atoms with Crippen molar-refractivity contribution in [1.29, 1.82) is 0 Å². The molecule has 3 rings (SSSR count). The standard InChI is InChI=1S/C18H24F2N2O3/c1-24-13-5-2-10(8-14(13)25-18(19)20)6-7-22-17(23)15-11-3-4-12(9-11)16(15)21/h2,5,8,11-12,15-16,18H,3-4,6-7,9,21H2,1H3,(H,22,23). The molecule has 2 aliphatic rings. The lowest BCUT2D eigenvalue weighted by Crippen LogP contribution is -2.45. The lowest BCUT2D eigenvalue weighted by Gasteiger charge is -2.27. The quantitative estimate of drug-likeness (QED) is 0.788. The zero-order valence-corrected chi connectivity index (χ0v) is 14.2. The fraction of sp³-hybridized carbons (Fsp3) is 0.611. The summed E-state index contributed by atoms with van der Waals surface area (Å²) in [7, 11) is 1.39. The van der Waals surface area contributed by atoms with Crippen LogP contribution in [0.25, 0.3) is 0 Å². The monoisotopic (exact) mass is 354 g/mol. The summed E-state index contributed by atoms with van der Waals surface area (Å²) >= 11 is 0. The zero-order valence-electron chi connectivity index (χ0n) is 14.2. The maximum atomic E-state index is 12.5. The van der Waals surface area contributed by atoms with Gasteiger partial charge in [-0.3, -0.25) is 4.79 Å². The minimum absolute atomic E-state index is 0.00329. The molecule has 3 N–H and O–H groups in total. The molecule has 2 bridgehead atoms. The number of benzene rings is 1. The predicted molar refractivity (Wildman–Crippen MR) is 88.6 cm³/mol. The molecule has 25 heavy (non-hydrogen) atoms. The molecule has 2 saturated carbocycles. The van der Waals surface area contributed by atoms with Crippen LogP contribution in [0.1, 0.15) is 24.8 Å². The van der Waals surface area contributed by atoms with Crippen molar-refractivity contribution < 1.29 is 23.0 Å². The number of fused-ring (bicyclic) bond motifs is 2. The SMILES string of the molecule is COc1ccc(CCNC(=O)C2C3CCC(C3)C2N)cc1OC(F)F. The minimum atomic E-state index is -2.91. The first-order chi connectivity index (χ1) is 12.0. The number of hydrogen-bond donors (Lipinski definition) is 2. The number of nitrogens with one attached hydrogen (secondary N) is 1. The van der Waals surface area contributed by atoms with Gasteiger partial charge >= 0.3 is 6.61 Å². The van der Waals surface area contributed by atoms with E-state index in [0.717, 1.165) is 24.8 Å². The summed E-state index contributed by atoms with van der Waals surface area (Å²) in [5, 5.41) is 2.94. The number of ether oxygens (including phenoxy) is 2. The fourth-order valence-electron chi connectivity index (χ4n) is 4.24. The third-order valence-electron chi connectivity index (χ3n) is 5.44. The summed E-state index contributed by atoms with van der Waals surface area (Å²) in [6.07, 6.45) is 3.80. The Balaban J connectivity index is 1.54. The van der Waals surface area contributed by atoms with Gasteiger partial charge in [0.05, 0.1) is 13.0 Å². The first-order valence-corrected chi connectivity index (χ1v) is 8.64. The Morgan fingerprint density at radius 1 is 1.32 bits per heavy atom. The Hall–Kier alpha value is -1.89. The molecule has 1 aromatic rings. The van der Waals surface area contributed by atoms with Crippen LogP contribution in [-0.2, 0) is 11.2 Å². The van der Waals surface area contributed by atoms with E-state index in [1.54, 1.807) is 12.1 Å². The lowest BCUT2D eigenvalue weighted by molar-refractivity contribution is -0.127. The first-order valence-electron chi connectivity index (χ1n) is 8.64. The second-order valence-corrected chi connectivity index (χ2v) is 6.84. The molecule has 0 saturated heterocycles. The second-order valence-electron chi connectivity index (χ2n) is 6.84. The average Bonchev–Trinajstić information content (AvgIpc) is 3.15. The molecular formula is C18H24F2N2O3. The van der Waals surface area contributed by atoms with E-state index in [0.29, 0.717) is 24.8 Å². The van der Waals surface area contributed by atoms with Gasteiger partial charge in [-0.15, -0.1) is 0 Å². The summed E-state index contributed by atoms with van der Waals surface area (Å²) < 4.78 is 34.4. The molecule has 1 amide bonds. The van der Waals surface area contributed by atoms with Gasteiger partial charge in [0.2, 0.25) is 5.91 Å². The van der Waals surface area contributed by atoms with Crippen LogP contribution in [0.15, 0.2) is 18.2 Å². The molecule has 0 aliphatic heterocycles. The Morgan fingerprint density at radius 3 is 2.72 bits per heavy atom. The van der Waals surface area contributed by atoms with Gasteiger partial charge in [0, 0.05) is 12.6 Å². The number of hydrogen-bond acceptors (Lipinski definition) is 4. The van der Waals surface area contributed by atoms with E-state index < -0.39 is 6.61 Å². The Kier molecular flexibility index (Phi) is 5.42. The molecule has 0 radical (unpaired) electrons. The van der Waals surface area contributed by atoms with Crippen molar-refractivity contribution in [2.45, 2.75) is 38.3 Å². The van der Waals surface area contributed by atoms with E-state index >= 15 is 0 Å². The normalized spacial score (nSPS) is 27.6. The van der Waals surface area contributed by atoms with Crippen LogP contribution in [-0.4, -0.2) is 32.2 Å². The van der Waals surface area contributed by atoms with E-state index in [4.69, 9.17) is 10.5 Å². The molecule has 2 fully saturated rings. The molecule has 1 aromatic carbocycles. The van der Waals surface area contributed by atoms with Crippen LogP contribution >= 0.6 is 0 Å². The van der Waals surface area contributed by atoms with Crippen molar-refractivity contribution in [2.75, 3.05) is 13.7 Å². The number of carbonyl (C=O) groups excluding carboxylic acids is 1. The van der Waals surface area contributed by atoms with E-state index in [9.17, 15) is 13.6 Å². The smallest absolute Gasteiger partial charge is 0.387 e. The highest BCUT2D eigenvalue weighted by molar-refractivity contribution is 5.80. The van der Waals surface area contributed by atoms with E-state index in [-0.39, 0.29) is 29.4 Å². The van der Waals surface area contributed by atoms with Crippen molar-refractivity contribution in [3.8, 4) is 11.5 Å². The van der Waals surface area contributed by atoms with Gasteiger partial charge in [-0.1, -0.05) is 6.07 Å². The van der Waals surface area contributed by atoms with Crippen molar-refractivity contribution in [1.82, 2.24) is 5.32 Å². The van der Waals surface area contributed by atoms with Crippen LogP contribution < -0.4 is 20.5 Å². The average molecular weight is 354 g/mol. The lowest BCUT2D eigenvalue weighted by atomic mass is 9.84. The van der Waals surface area contributed by atoms with E-state index in [2.05, 4.69) is 10.1 Å². The third kappa shape index (κ3) is 3.86. The number of halogens is 2. The van der Waals surface area contributed by atoms with Crippen molar-refractivity contribution >= 4 is 5.91 Å². The molecule has 5 nitrogen and oxygen atoms in total. The summed E-state index contributed by atoms with van der Waals surface area (Å²) in [6.45, 7) is -2.48. The molecular weight excluding hydrogens is 330 g/mol. The molecule has 138 valence electrons. The predicted octanol–water partition coefficient (Wildman–Crippen LogP) is 2.33. The number of amides is 1. The highest BCUT2D eigenvalue weighted by atomic mass is 19.3. The number of nitrogens with two attached hydrogens (primary N) is 1. The van der Waals surface area contributed by atoms with Crippen LogP contribution in [0.4, 0.5) is 8.78 Å². The van der Waals surface area contributed by atoms with Crippen LogP contribution in [0, 0.1) is 17.8 Å². The molecule has 0 spiro atoms. The summed E-state index contributed by atoms with van der Waals surface area (Å²) in [5.41, 5.74) is 6.97. The highest BCUT2D eigenvalue weighted by Gasteiger charge is 2.48. The minimum Gasteiger partial charge on any atom is -0.493 e. The third-order valence-corrected chi connectivity index (χ3v) is 5.44. The van der Waals surface area contributed by atoms with Gasteiger partial charge in [0.25, 0.3) is 0 Å². The van der Waals surface area contributed by atoms with Crippen molar-refractivity contribution in [2.24, 2.45) is 23.5 Å². The summed E-state index contributed by atoms with van der Waals surface area (Å²) in [6, 6.07) is 4.83. The molecule has 7 heteroatoms. The topological polar surface area (TPSA) is 73.6 Å². The number of methoxy groups -OCH3 is 1. The maximum Gasteiger partial charge on any atom is 0.387 e.